The Kier molecular flexibility index (Phi) is 5.59. The second kappa shape index (κ2) is 7.43. The lowest BCUT2D eigenvalue weighted by atomic mass is 10.1. The van der Waals surface area contributed by atoms with Crippen LogP contribution < -0.4 is 10.6 Å². The fraction of sp³-hybridized carbons (Fsp3) is 0.133. The van der Waals surface area contributed by atoms with Gasteiger partial charge >= 0.3 is 6.03 Å². The number of anilines is 1. The van der Waals surface area contributed by atoms with Gasteiger partial charge in [-0.25, -0.2) is 9.18 Å². The highest BCUT2D eigenvalue weighted by Gasteiger charge is 2.05. The van der Waals surface area contributed by atoms with Crippen LogP contribution in [-0.4, -0.2) is 12.6 Å². The van der Waals surface area contributed by atoms with E-state index in [1.165, 1.54) is 12.1 Å². The van der Waals surface area contributed by atoms with Gasteiger partial charge in [-0.05, 0) is 42.3 Å². The Bertz CT molecular complexity index is 651. The van der Waals surface area contributed by atoms with Crippen molar-refractivity contribution in [1.29, 1.82) is 0 Å². The molecule has 0 radical (unpaired) electrons. The molecule has 0 fully saturated rings. The summed E-state index contributed by atoms with van der Waals surface area (Å²) in [5.41, 5.74) is 1.36. The lowest BCUT2D eigenvalue weighted by molar-refractivity contribution is 0.252. The molecule has 2 amide bonds. The van der Waals surface area contributed by atoms with E-state index in [1.54, 1.807) is 24.3 Å². The first-order valence-corrected chi connectivity index (χ1v) is 7.46. The summed E-state index contributed by atoms with van der Waals surface area (Å²) < 4.78 is 13.8. The number of carbonyl (C=O) groups excluding carboxylic acids is 1. The average Bonchev–Trinajstić information content (AvgIpc) is 2.42. The Morgan fingerprint density at radius 3 is 2.76 bits per heavy atom. The molecule has 0 saturated heterocycles. The quantitative estimate of drug-likeness (QED) is 0.810. The van der Waals surface area contributed by atoms with Crippen LogP contribution in [0.15, 0.2) is 46.9 Å². The first-order chi connectivity index (χ1) is 10.0. The molecule has 2 aromatic rings. The summed E-state index contributed by atoms with van der Waals surface area (Å²) in [7, 11) is 0. The lowest BCUT2D eigenvalue weighted by Crippen LogP contribution is -2.30. The van der Waals surface area contributed by atoms with Gasteiger partial charge in [-0.15, -0.1) is 0 Å². The van der Waals surface area contributed by atoms with Crippen LogP contribution >= 0.6 is 27.5 Å². The van der Waals surface area contributed by atoms with E-state index in [2.05, 4.69) is 26.6 Å². The zero-order chi connectivity index (χ0) is 15.2. The summed E-state index contributed by atoms with van der Waals surface area (Å²) in [5, 5.41) is 5.80. The fourth-order valence-corrected chi connectivity index (χ4v) is 2.49. The van der Waals surface area contributed by atoms with Crippen LogP contribution in [-0.2, 0) is 6.42 Å². The van der Waals surface area contributed by atoms with Crippen molar-refractivity contribution in [3.63, 3.8) is 0 Å². The van der Waals surface area contributed by atoms with Crippen LogP contribution in [0.5, 0.6) is 0 Å². The van der Waals surface area contributed by atoms with Crippen molar-refractivity contribution < 1.29 is 9.18 Å². The van der Waals surface area contributed by atoms with Crippen molar-refractivity contribution in [3.8, 4) is 0 Å². The Morgan fingerprint density at radius 1 is 1.24 bits per heavy atom. The minimum atomic E-state index is -0.351. The number of carbonyl (C=O) groups is 1. The van der Waals surface area contributed by atoms with Crippen LogP contribution in [0.4, 0.5) is 14.9 Å². The largest absolute Gasteiger partial charge is 0.338 e. The van der Waals surface area contributed by atoms with Crippen LogP contribution in [0.1, 0.15) is 5.56 Å². The summed E-state index contributed by atoms with van der Waals surface area (Å²) in [5.74, 6) is -0.279. The number of urea groups is 1. The smallest absolute Gasteiger partial charge is 0.319 e. The van der Waals surface area contributed by atoms with Gasteiger partial charge in [-0.1, -0.05) is 39.7 Å². The van der Waals surface area contributed by atoms with Gasteiger partial charge in [-0.2, -0.15) is 0 Å². The number of amides is 2. The molecule has 0 saturated carbocycles. The van der Waals surface area contributed by atoms with Crippen molar-refractivity contribution in [3.05, 3.63) is 63.3 Å². The third-order valence-electron chi connectivity index (χ3n) is 2.77. The zero-order valence-corrected chi connectivity index (χ0v) is 13.3. The van der Waals surface area contributed by atoms with E-state index >= 15 is 0 Å². The number of halogens is 3. The molecule has 0 aliphatic rings. The Labute approximate surface area is 135 Å². The van der Waals surface area contributed by atoms with Crippen molar-refractivity contribution in [2.75, 3.05) is 11.9 Å². The lowest BCUT2D eigenvalue weighted by Gasteiger charge is -2.09. The molecule has 110 valence electrons. The maximum Gasteiger partial charge on any atom is 0.319 e. The molecular formula is C15H13BrClFN2O. The van der Waals surface area contributed by atoms with Gasteiger partial charge in [0.05, 0.1) is 10.7 Å². The molecule has 21 heavy (non-hydrogen) atoms. The van der Waals surface area contributed by atoms with Gasteiger partial charge in [0, 0.05) is 11.0 Å². The molecule has 0 atom stereocenters. The van der Waals surface area contributed by atoms with Crippen molar-refractivity contribution >= 4 is 39.2 Å². The fourth-order valence-electron chi connectivity index (χ4n) is 1.77. The normalized spacial score (nSPS) is 10.2. The maximum absolute atomic E-state index is 13.0. The standard InChI is InChI=1S/C15H13BrClFN2O/c16-11-4-5-14(13(17)9-11)20-15(21)19-7-6-10-2-1-3-12(18)8-10/h1-5,8-9H,6-7H2,(H2,19,20,21). The van der Waals surface area contributed by atoms with Gasteiger partial charge in [0.25, 0.3) is 0 Å². The summed E-state index contributed by atoms with van der Waals surface area (Å²) in [6.07, 6.45) is 0.555. The predicted octanol–water partition coefficient (Wildman–Crippen LogP) is 4.61. The molecular weight excluding hydrogens is 359 g/mol. The van der Waals surface area contributed by atoms with Gasteiger partial charge in [-0.3, -0.25) is 0 Å². The molecule has 0 aromatic heterocycles. The number of hydrogen-bond donors (Lipinski definition) is 2. The van der Waals surface area contributed by atoms with Gasteiger partial charge in [0.2, 0.25) is 0 Å². The molecule has 6 heteroatoms. The molecule has 0 unspecified atom stereocenters. The van der Waals surface area contributed by atoms with E-state index in [1.807, 2.05) is 6.07 Å². The SMILES string of the molecule is O=C(NCCc1cccc(F)c1)Nc1ccc(Br)cc1Cl. The second-order valence-corrected chi connectivity index (χ2v) is 5.71. The Hall–Kier alpha value is -1.59. The topological polar surface area (TPSA) is 41.1 Å². The van der Waals surface area contributed by atoms with Crippen LogP contribution in [0.3, 0.4) is 0 Å². The summed E-state index contributed by atoms with van der Waals surface area (Å²) >= 11 is 9.30. The first kappa shape index (κ1) is 15.8. The van der Waals surface area contributed by atoms with Gasteiger partial charge in [0.1, 0.15) is 5.82 Å². The summed E-state index contributed by atoms with van der Waals surface area (Å²) in [6.45, 7) is 0.406. The average molecular weight is 372 g/mol. The first-order valence-electron chi connectivity index (χ1n) is 6.29. The monoisotopic (exact) mass is 370 g/mol. The Balaban J connectivity index is 1.82. The van der Waals surface area contributed by atoms with Gasteiger partial charge < -0.3 is 10.6 Å². The van der Waals surface area contributed by atoms with E-state index in [0.29, 0.717) is 23.7 Å². The number of nitrogens with one attached hydrogen (secondary N) is 2. The maximum atomic E-state index is 13.0. The minimum absolute atomic E-state index is 0.279. The zero-order valence-electron chi connectivity index (χ0n) is 11.0. The van der Waals surface area contributed by atoms with Crippen LogP contribution in [0, 0.1) is 5.82 Å². The molecule has 0 bridgehead atoms. The van der Waals surface area contributed by atoms with E-state index in [9.17, 15) is 9.18 Å². The van der Waals surface area contributed by atoms with E-state index in [4.69, 9.17) is 11.6 Å². The summed E-state index contributed by atoms with van der Waals surface area (Å²) in [6, 6.07) is 11.1. The van der Waals surface area contributed by atoms with Crippen LogP contribution in [0.2, 0.25) is 5.02 Å². The highest BCUT2D eigenvalue weighted by atomic mass is 79.9. The third kappa shape index (κ3) is 5.02. The number of benzene rings is 2. The van der Waals surface area contributed by atoms with Gasteiger partial charge in [0.15, 0.2) is 0 Å². The number of rotatable bonds is 4. The van der Waals surface area contributed by atoms with E-state index in [-0.39, 0.29) is 11.8 Å². The highest BCUT2D eigenvalue weighted by Crippen LogP contribution is 2.25. The summed E-state index contributed by atoms with van der Waals surface area (Å²) in [4.78, 5) is 11.7. The molecule has 0 heterocycles. The van der Waals surface area contributed by atoms with Crippen molar-refractivity contribution in [2.24, 2.45) is 0 Å². The molecule has 2 rings (SSSR count). The van der Waals surface area contributed by atoms with Crippen molar-refractivity contribution in [2.45, 2.75) is 6.42 Å². The molecule has 0 aliphatic heterocycles. The van der Waals surface area contributed by atoms with Crippen molar-refractivity contribution in [1.82, 2.24) is 5.32 Å². The van der Waals surface area contributed by atoms with E-state index < -0.39 is 0 Å². The molecule has 3 nitrogen and oxygen atoms in total. The molecule has 2 aromatic carbocycles. The predicted molar refractivity (Wildman–Crippen MR) is 86.3 cm³/mol. The molecule has 0 spiro atoms. The Morgan fingerprint density at radius 2 is 2.05 bits per heavy atom. The minimum Gasteiger partial charge on any atom is -0.338 e. The third-order valence-corrected chi connectivity index (χ3v) is 3.57. The highest BCUT2D eigenvalue weighted by molar-refractivity contribution is 9.10. The number of hydrogen-bond acceptors (Lipinski definition) is 1. The van der Waals surface area contributed by atoms with Crippen LogP contribution in [0.25, 0.3) is 0 Å². The molecule has 0 aliphatic carbocycles. The molecule has 2 N–H and O–H groups in total. The van der Waals surface area contributed by atoms with E-state index in [0.717, 1.165) is 10.0 Å². The second-order valence-electron chi connectivity index (χ2n) is 4.38.